The van der Waals surface area contributed by atoms with Crippen molar-refractivity contribution >= 4 is 17.6 Å². The normalized spacial score (nSPS) is 11.1. The fourth-order valence-electron chi connectivity index (χ4n) is 3.75. The summed E-state index contributed by atoms with van der Waals surface area (Å²) in [7, 11) is 0. The van der Waals surface area contributed by atoms with Gasteiger partial charge in [0.05, 0.1) is 11.3 Å². The van der Waals surface area contributed by atoms with Crippen molar-refractivity contribution in [3.8, 4) is 22.3 Å². The first-order valence-corrected chi connectivity index (χ1v) is 11.5. The predicted octanol–water partition coefficient (Wildman–Crippen LogP) is 6.93. The number of ether oxygens (including phenoxy) is 1. The van der Waals surface area contributed by atoms with Crippen molar-refractivity contribution < 1.29 is 14.3 Å². The van der Waals surface area contributed by atoms with Gasteiger partial charge < -0.3 is 10.1 Å². The molecule has 0 spiro atoms. The van der Waals surface area contributed by atoms with Crippen LogP contribution in [0.2, 0.25) is 0 Å². The highest BCUT2D eigenvalue weighted by Gasteiger charge is 2.22. The summed E-state index contributed by atoms with van der Waals surface area (Å²) < 4.78 is 5.60. The minimum Gasteiger partial charge on any atom is -0.456 e. The number of hydrogen-bond donors (Lipinski definition) is 1. The highest BCUT2D eigenvalue weighted by Crippen LogP contribution is 2.29. The van der Waals surface area contributed by atoms with Gasteiger partial charge in [-0.25, -0.2) is 4.79 Å². The van der Waals surface area contributed by atoms with E-state index in [1.54, 1.807) is 18.5 Å². The van der Waals surface area contributed by atoms with Gasteiger partial charge in [-0.1, -0.05) is 48.5 Å². The summed E-state index contributed by atoms with van der Waals surface area (Å²) in [6.07, 6.45) is 3.44. The van der Waals surface area contributed by atoms with Gasteiger partial charge in [0.15, 0.2) is 0 Å². The van der Waals surface area contributed by atoms with Crippen LogP contribution in [-0.2, 0) is 4.74 Å². The molecule has 1 amide bonds. The number of carbonyl (C=O) groups is 2. The molecule has 176 valence electrons. The molecule has 3 aromatic carbocycles. The smallest absolute Gasteiger partial charge is 0.340 e. The quantitative estimate of drug-likeness (QED) is 0.325. The summed E-state index contributed by atoms with van der Waals surface area (Å²) in [6, 6.07) is 24.7. The van der Waals surface area contributed by atoms with Crippen molar-refractivity contribution in [1.29, 1.82) is 0 Å². The lowest BCUT2D eigenvalue weighted by Gasteiger charge is -2.21. The third-order valence-corrected chi connectivity index (χ3v) is 5.49. The number of nitrogens with one attached hydrogen (secondary N) is 1. The average molecular weight is 465 g/mol. The molecule has 5 nitrogen and oxygen atoms in total. The second kappa shape index (κ2) is 9.94. The minimum absolute atomic E-state index is 0.298. The molecular weight excluding hydrogens is 436 g/mol. The summed E-state index contributed by atoms with van der Waals surface area (Å²) in [5.41, 5.74) is 5.15. The van der Waals surface area contributed by atoms with E-state index in [2.05, 4.69) is 10.3 Å². The van der Waals surface area contributed by atoms with Gasteiger partial charge in [0.1, 0.15) is 5.60 Å². The van der Waals surface area contributed by atoms with E-state index in [0.29, 0.717) is 16.8 Å². The molecule has 1 N–H and O–H groups in total. The van der Waals surface area contributed by atoms with Crippen LogP contribution in [0, 0.1) is 6.92 Å². The molecule has 0 aliphatic heterocycles. The Hall–Kier alpha value is -4.25. The van der Waals surface area contributed by atoms with Crippen LogP contribution in [0.15, 0.2) is 91.3 Å². The van der Waals surface area contributed by atoms with Crippen LogP contribution in [0.3, 0.4) is 0 Å². The summed E-state index contributed by atoms with van der Waals surface area (Å²) >= 11 is 0. The highest BCUT2D eigenvalue weighted by atomic mass is 16.6. The van der Waals surface area contributed by atoms with E-state index in [1.807, 2.05) is 100 Å². The maximum Gasteiger partial charge on any atom is 0.340 e. The molecule has 4 rings (SSSR count). The number of aromatic nitrogens is 1. The van der Waals surface area contributed by atoms with E-state index in [1.165, 1.54) is 0 Å². The number of pyridine rings is 1. The molecule has 0 saturated heterocycles. The number of amides is 1. The van der Waals surface area contributed by atoms with Crippen LogP contribution in [0.5, 0.6) is 0 Å². The molecule has 1 aromatic heterocycles. The number of hydrogen-bond acceptors (Lipinski definition) is 4. The van der Waals surface area contributed by atoms with Crippen molar-refractivity contribution in [2.75, 3.05) is 5.32 Å². The van der Waals surface area contributed by atoms with E-state index in [0.717, 1.165) is 27.8 Å². The van der Waals surface area contributed by atoms with Gasteiger partial charge in [0, 0.05) is 18.0 Å². The third-order valence-electron chi connectivity index (χ3n) is 5.49. The maximum absolute atomic E-state index is 13.5. The maximum atomic E-state index is 13.5. The Morgan fingerprint density at radius 1 is 0.743 bits per heavy atom. The monoisotopic (exact) mass is 464 g/mol. The fourth-order valence-corrected chi connectivity index (χ4v) is 3.75. The first-order chi connectivity index (χ1) is 16.7. The van der Waals surface area contributed by atoms with Crippen molar-refractivity contribution in [3.63, 3.8) is 0 Å². The Morgan fingerprint density at radius 3 is 2.06 bits per heavy atom. The van der Waals surface area contributed by atoms with Crippen LogP contribution in [0.25, 0.3) is 22.3 Å². The van der Waals surface area contributed by atoms with Crippen molar-refractivity contribution in [3.05, 3.63) is 108 Å². The molecule has 0 aliphatic rings. The molecule has 0 fully saturated rings. The Bertz CT molecular complexity index is 1360. The number of esters is 1. The molecule has 35 heavy (non-hydrogen) atoms. The SMILES string of the molecule is Cc1ccc(-c2ccncc2)cc1C(=O)Nc1cc(-c2ccccc2)ccc1C(=O)OC(C)(C)C. The lowest BCUT2D eigenvalue weighted by molar-refractivity contribution is 0.00708. The Labute approximate surface area is 205 Å². The summed E-state index contributed by atoms with van der Waals surface area (Å²) in [6.45, 7) is 7.33. The van der Waals surface area contributed by atoms with Gasteiger partial charge in [-0.3, -0.25) is 9.78 Å². The van der Waals surface area contributed by atoms with Crippen molar-refractivity contribution in [2.24, 2.45) is 0 Å². The Balaban J connectivity index is 1.72. The number of nitrogens with zero attached hydrogens (tertiary/aromatic N) is 1. The first kappa shape index (κ1) is 23.9. The second-order valence-corrected chi connectivity index (χ2v) is 9.35. The van der Waals surface area contributed by atoms with Crippen molar-refractivity contribution in [2.45, 2.75) is 33.3 Å². The van der Waals surface area contributed by atoms with Gasteiger partial charge in [0.2, 0.25) is 0 Å². The zero-order valence-electron chi connectivity index (χ0n) is 20.3. The predicted molar refractivity (Wildman–Crippen MR) is 139 cm³/mol. The van der Waals surface area contributed by atoms with Gasteiger partial charge >= 0.3 is 5.97 Å². The van der Waals surface area contributed by atoms with E-state index >= 15 is 0 Å². The summed E-state index contributed by atoms with van der Waals surface area (Å²) in [5.74, 6) is -0.789. The lowest BCUT2D eigenvalue weighted by atomic mass is 9.99. The number of carbonyl (C=O) groups excluding carboxylic acids is 2. The van der Waals surface area contributed by atoms with Crippen LogP contribution in [0.4, 0.5) is 5.69 Å². The molecule has 0 aliphatic carbocycles. The summed E-state index contributed by atoms with van der Waals surface area (Å²) in [5, 5.41) is 2.97. The molecule has 4 aromatic rings. The van der Waals surface area contributed by atoms with E-state index in [9.17, 15) is 9.59 Å². The fraction of sp³-hybridized carbons (Fsp3) is 0.167. The molecule has 0 atom stereocenters. The van der Waals surface area contributed by atoms with Crippen LogP contribution < -0.4 is 5.32 Å². The van der Waals surface area contributed by atoms with Gasteiger partial charge in [-0.05, 0) is 85.8 Å². The van der Waals surface area contributed by atoms with E-state index in [-0.39, 0.29) is 5.91 Å². The van der Waals surface area contributed by atoms with Crippen molar-refractivity contribution in [1.82, 2.24) is 4.98 Å². The van der Waals surface area contributed by atoms with E-state index < -0.39 is 11.6 Å². The minimum atomic E-state index is -0.661. The van der Waals surface area contributed by atoms with Crippen LogP contribution >= 0.6 is 0 Å². The van der Waals surface area contributed by atoms with Gasteiger partial charge in [-0.2, -0.15) is 0 Å². The second-order valence-electron chi connectivity index (χ2n) is 9.35. The van der Waals surface area contributed by atoms with E-state index in [4.69, 9.17) is 4.74 Å². The molecule has 0 unspecified atom stereocenters. The molecule has 0 radical (unpaired) electrons. The topological polar surface area (TPSA) is 68.3 Å². The molecule has 0 saturated carbocycles. The average Bonchev–Trinajstić information content (AvgIpc) is 2.84. The van der Waals surface area contributed by atoms with Gasteiger partial charge in [0.25, 0.3) is 5.91 Å². The zero-order valence-corrected chi connectivity index (χ0v) is 20.3. The third kappa shape index (κ3) is 5.82. The van der Waals surface area contributed by atoms with Gasteiger partial charge in [-0.15, -0.1) is 0 Å². The molecule has 1 heterocycles. The summed E-state index contributed by atoms with van der Waals surface area (Å²) in [4.78, 5) is 30.5. The molecular formula is C30H28N2O3. The van der Waals surface area contributed by atoms with Crippen LogP contribution in [-0.4, -0.2) is 22.5 Å². The molecule has 5 heteroatoms. The number of aryl methyl sites for hydroxylation is 1. The highest BCUT2D eigenvalue weighted by molar-refractivity contribution is 6.09. The van der Waals surface area contributed by atoms with Crippen LogP contribution in [0.1, 0.15) is 47.1 Å². The Kier molecular flexibility index (Phi) is 6.78. The standard InChI is InChI=1S/C30H28N2O3/c1-20-10-11-23(22-14-16-31-17-15-22)18-26(20)28(33)32-27-19-24(21-8-6-5-7-9-21)12-13-25(27)29(34)35-30(2,3)4/h5-19H,1-4H3,(H,32,33). The first-order valence-electron chi connectivity index (χ1n) is 11.5. The zero-order chi connectivity index (χ0) is 25.0. The largest absolute Gasteiger partial charge is 0.456 e. The number of anilines is 1. The lowest BCUT2D eigenvalue weighted by Crippen LogP contribution is -2.25. The number of benzene rings is 3. The Morgan fingerprint density at radius 2 is 1.37 bits per heavy atom. The molecule has 0 bridgehead atoms. The number of rotatable bonds is 5.